The summed E-state index contributed by atoms with van der Waals surface area (Å²) in [5.41, 5.74) is 4.34. The van der Waals surface area contributed by atoms with Crippen LogP contribution in [0.5, 0.6) is 0 Å². The van der Waals surface area contributed by atoms with Crippen molar-refractivity contribution in [2.75, 3.05) is 13.2 Å². The van der Waals surface area contributed by atoms with Crippen LogP contribution in [-0.4, -0.2) is 29.1 Å². The molecule has 1 amide bonds. The summed E-state index contributed by atoms with van der Waals surface area (Å²) < 4.78 is 27.5. The number of hydrogen-bond acceptors (Lipinski definition) is 2. The van der Waals surface area contributed by atoms with Crippen LogP contribution < -0.4 is 5.32 Å². The van der Waals surface area contributed by atoms with E-state index >= 15 is 0 Å². The Morgan fingerprint density at radius 2 is 1.89 bits per heavy atom. The van der Waals surface area contributed by atoms with E-state index in [-0.39, 0.29) is 42.5 Å². The number of aryl methyl sites for hydroxylation is 1. The number of benzene rings is 2. The molecule has 1 aromatic heterocycles. The largest absolute Gasteiger partial charge is 0.395 e. The first-order chi connectivity index (χ1) is 13.5. The van der Waals surface area contributed by atoms with E-state index in [2.05, 4.69) is 10.3 Å². The molecule has 0 spiro atoms. The second-order valence-electron chi connectivity index (χ2n) is 7.45. The molecule has 4 nitrogen and oxygen atoms in total. The zero-order valence-corrected chi connectivity index (χ0v) is 15.6. The van der Waals surface area contributed by atoms with Crippen molar-refractivity contribution in [3.05, 3.63) is 59.2 Å². The number of nitrogens with one attached hydrogen (secondary N) is 2. The van der Waals surface area contributed by atoms with Crippen molar-refractivity contribution < 1.29 is 18.7 Å². The summed E-state index contributed by atoms with van der Waals surface area (Å²) in [6, 6.07) is 9.25. The standard InChI is InChI=1S/C22H22F2N2O2/c1-12-8-17(24)11-18-19(14-9-15(10-14)22(28)25-6-7-27)21(26-20(12)18)13-2-4-16(23)5-3-13/h2-5,8,11,14-15,26-27H,6-7,9-10H2,1H3,(H,25,28). The third kappa shape index (κ3) is 3.29. The average Bonchev–Trinajstić information content (AvgIpc) is 2.99. The van der Waals surface area contributed by atoms with Crippen LogP contribution in [0.15, 0.2) is 36.4 Å². The van der Waals surface area contributed by atoms with Gasteiger partial charge in [-0.05, 0) is 78.8 Å². The molecule has 1 heterocycles. The van der Waals surface area contributed by atoms with Gasteiger partial charge in [0.15, 0.2) is 0 Å². The SMILES string of the molecule is Cc1cc(F)cc2c(C3CC(C(=O)NCCO)C3)c(-c3ccc(F)cc3)[nH]c12. The normalized spacial score (nSPS) is 18.9. The van der Waals surface area contributed by atoms with Crippen molar-refractivity contribution in [1.29, 1.82) is 0 Å². The van der Waals surface area contributed by atoms with Crippen molar-refractivity contribution in [1.82, 2.24) is 10.3 Å². The first-order valence-electron chi connectivity index (χ1n) is 9.44. The fraction of sp³-hybridized carbons (Fsp3) is 0.318. The van der Waals surface area contributed by atoms with E-state index in [1.807, 2.05) is 6.92 Å². The van der Waals surface area contributed by atoms with E-state index < -0.39 is 0 Å². The minimum absolute atomic E-state index is 0.0594. The number of aliphatic hydroxyl groups excluding tert-OH is 1. The van der Waals surface area contributed by atoms with E-state index in [1.165, 1.54) is 24.3 Å². The van der Waals surface area contributed by atoms with E-state index in [0.717, 1.165) is 33.3 Å². The van der Waals surface area contributed by atoms with E-state index in [1.54, 1.807) is 12.1 Å². The number of fused-ring (bicyclic) bond motifs is 1. The monoisotopic (exact) mass is 384 g/mol. The molecule has 146 valence electrons. The lowest BCUT2D eigenvalue weighted by Crippen LogP contribution is -2.39. The van der Waals surface area contributed by atoms with Crippen molar-refractivity contribution in [2.24, 2.45) is 5.92 Å². The molecule has 1 saturated carbocycles. The van der Waals surface area contributed by atoms with Crippen molar-refractivity contribution in [3.63, 3.8) is 0 Å². The molecule has 0 atom stereocenters. The minimum Gasteiger partial charge on any atom is -0.395 e. The lowest BCUT2D eigenvalue weighted by molar-refractivity contribution is -0.128. The lowest BCUT2D eigenvalue weighted by atomic mass is 9.70. The summed E-state index contributed by atoms with van der Waals surface area (Å²) in [6.45, 7) is 2.02. The number of halogens is 2. The van der Waals surface area contributed by atoms with Crippen LogP contribution in [0.25, 0.3) is 22.2 Å². The van der Waals surface area contributed by atoms with Gasteiger partial charge >= 0.3 is 0 Å². The summed E-state index contributed by atoms with van der Waals surface area (Å²) in [5.74, 6) is -0.673. The molecular weight excluding hydrogens is 362 g/mol. The number of carbonyl (C=O) groups excluding carboxylic acids is 1. The number of aliphatic hydroxyl groups is 1. The zero-order valence-electron chi connectivity index (χ0n) is 15.6. The van der Waals surface area contributed by atoms with Crippen molar-refractivity contribution in [2.45, 2.75) is 25.7 Å². The van der Waals surface area contributed by atoms with E-state index in [4.69, 9.17) is 5.11 Å². The fourth-order valence-corrected chi connectivity index (χ4v) is 4.11. The third-order valence-corrected chi connectivity index (χ3v) is 5.57. The predicted octanol–water partition coefficient (Wildman–Crippen LogP) is 4.02. The Hall–Kier alpha value is -2.73. The van der Waals surface area contributed by atoms with Crippen LogP contribution >= 0.6 is 0 Å². The Balaban J connectivity index is 1.73. The highest BCUT2D eigenvalue weighted by Crippen LogP contribution is 2.48. The molecule has 0 bridgehead atoms. The summed E-state index contributed by atoms with van der Waals surface area (Å²) >= 11 is 0. The number of H-pyrrole nitrogens is 1. The maximum absolute atomic E-state index is 14.1. The molecule has 1 aliphatic rings. The first-order valence-corrected chi connectivity index (χ1v) is 9.44. The maximum atomic E-state index is 14.1. The highest BCUT2D eigenvalue weighted by atomic mass is 19.1. The van der Waals surface area contributed by atoms with Crippen molar-refractivity contribution >= 4 is 16.8 Å². The van der Waals surface area contributed by atoms with Gasteiger partial charge in [-0.2, -0.15) is 0 Å². The highest BCUT2D eigenvalue weighted by Gasteiger charge is 2.38. The van der Waals surface area contributed by atoms with Crippen LogP contribution in [0.2, 0.25) is 0 Å². The molecule has 0 aliphatic heterocycles. The van der Waals surface area contributed by atoms with Crippen molar-refractivity contribution in [3.8, 4) is 11.3 Å². The Labute approximate surface area is 161 Å². The molecule has 0 radical (unpaired) electrons. The van der Waals surface area contributed by atoms with Crippen LogP contribution in [0.1, 0.15) is 29.9 Å². The second kappa shape index (κ2) is 7.36. The van der Waals surface area contributed by atoms with Gasteiger partial charge in [-0.1, -0.05) is 0 Å². The molecule has 3 N–H and O–H groups in total. The van der Waals surface area contributed by atoms with Crippen LogP contribution in [-0.2, 0) is 4.79 Å². The third-order valence-electron chi connectivity index (χ3n) is 5.57. The summed E-state index contributed by atoms with van der Waals surface area (Å²) in [4.78, 5) is 15.5. The molecule has 0 unspecified atom stereocenters. The summed E-state index contributed by atoms with van der Waals surface area (Å²) in [7, 11) is 0. The Morgan fingerprint density at radius 1 is 1.18 bits per heavy atom. The van der Waals surface area contributed by atoms with E-state index in [9.17, 15) is 13.6 Å². The molecule has 2 aromatic carbocycles. The minimum atomic E-state index is -0.312. The number of hydrogen-bond donors (Lipinski definition) is 3. The molecule has 3 aromatic rings. The molecule has 6 heteroatoms. The molecule has 1 aliphatic carbocycles. The number of aromatic amines is 1. The second-order valence-corrected chi connectivity index (χ2v) is 7.45. The van der Waals surface area contributed by atoms with Crippen LogP contribution in [0.3, 0.4) is 0 Å². The van der Waals surface area contributed by atoms with Gasteiger partial charge in [0.05, 0.1) is 6.61 Å². The van der Waals surface area contributed by atoms with Gasteiger partial charge in [-0.25, -0.2) is 8.78 Å². The predicted molar refractivity (Wildman–Crippen MR) is 104 cm³/mol. The van der Waals surface area contributed by atoms with Gasteiger partial charge in [-0.15, -0.1) is 0 Å². The quantitative estimate of drug-likeness (QED) is 0.622. The van der Waals surface area contributed by atoms with Gasteiger partial charge in [0.25, 0.3) is 0 Å². The van der Waals surface area contributed by atoms with Gasteiger partial charge in [0.1, 0.15) is 11.6 Å². The Bertz CT molecular complexity index is 1020. The molecule has 28 heavy (non-hydrogen) atoms. The molecule has 1 fully saturated rings. The summed E-state index contributed by atoms with van der Waals surface area (Å²) in [5, 5.41) is 12.4. The van der Waals surface area contributed by atoms with Gasteiger partial charge in [0.2, 0.25) is 5.91 Å². The van der Waals surface area contributed by atoms with E-state index in [0.29, 0.717) is 12.8 Å². The Kier molecular flexibility index (Phi) is 4.89. The smallest absolute Gasteiger partial charge is 0.223 e. The number of rotatable bonds is 5. The first kappa shape index (κ1) is 18.6. The maximum Gasteiger partial charge on any atom is 0.223 e. The van der Waals surface area contributed by atoms with Crippen LogP contribution in [0.4, 0.5) is 8.78 Å². The fourth-order valence-electron chi connectivity index (χ4n) is 4.11. The van der Waals surface area contributed by atoms with Gasteiger partial charge in [0, 0.05) is 29.1 Å². The van der Waals surface area contributed by atoms with Gasteiger partial charge in [-0.3, -0.25) is 4.79 Å². The molecule has 4 rings (SSSR count). The van der Waals surface area contributed by atoms with Gasteiger partial charge < -0.3 is 15.4 Å². The molecule has 0 saturated heterocycles. The lowest BCUT2D eigenvalue weighted by Gasteiger charge is -2.35. The average molecular weight is 384 g/mol. The zero-order chi connectivity index (χ0) is 19.8. The number of aromatic nitrogens is 1. The Morgan fingerprint density at radius 3 is 2.57 bits per heavy atom. The highest BCUT2D eigenvalue weighted by molar-refractivity contribution is 5.94. The summed E-state index contributed by atoms with van der Waals surface area (Å²) in [6.07, 6.45) is 1.32. The van der Waals surface area contributed by atoms with Crippen LogP contribution in [0, 0.1) is 24.5 Å². The number of amides is 1. The molecular formula is C22H22F2N2O2. The topological polar surface area (TPSA) is 65.1 Å². The number of carbonyl (C=O) groups is 1.